The summed E-state index contributed by atoms with van der Waals surface area (Å²) in [6.07, 6.45) is 3.71. The summed E-state index contributed by atoms with van der Waals surface area (Å²) >= 11 is 0. The van der Waals surface area contributed by atoms with Crippen LogP contribution in [0.2, 0.25) is 25.7 Å². The summed E-state index contributed by atoms with van der Waals surface area (Å²) < 4.78 is 25.6. The number of carbonyl (C=O) groups is 1. The first-order valence-electron chi connectivity index (χ1n) is 11.9. The maximum atomic E-state index is 12.2. The molecule has 2 aliphatic rings. The lowest BCUT2D eigenvalue weighted by molar-refractivity contribution is 0.0694. The van der Waals surface area contributed by atoms with Crippen molar-refractivity contribution in [2.45, 2.75) is 52.2 Å². The fourth-order valence-electron chi connectivity index (χ4n) is 4.22. The van der Waals surface area contributed by atoms with Crippen molar-refractivity contribution in [1.29, 1.82) is 0 Å². The molecule has 10 heteroatoms. The van der Waals surface area contributed by atoms with Crippen molar-refractivity contribution >= 4 is 25.1 Å². The fourth-order valence-corrected chi connectivity index (χ4v) is 4.97. The van der Waals surface area contributed by atoms with E-state index in [-0.39, 0.29) is 19.1 Å². The smallest absolute Gasteiger partial charge is 0.339 e. The normalized spacial score (nSPS) is 15.1. The first kappa shape index (κ1) is 23.6. The van der Waals surface area contributed by atoms with Crippen molar-refractivity contribution in [2.75, 3.05) is 20.0 Å². The summed E-state index contributed by atoms with van der Waals surface area (Å²) in [4.78, 5) is 21.2. The summed E-state index contributed by atoms with van der Waals surface area (Å²) in [6, 6.07) is 4.71. The third-order valence-corrected chi connectivity index (χ3v) is 8.14. The highest BCUT2D eigenvalue weighted by Crippen LogP contribution is 2.48. The Kier molecular flexibility index (Phi) is 6.18. The van der Waals surface area contributed by atoms with Gasteiger partial charge in [0, 0.05) is 20.4 Å². The Morgan fingerprint density at radius 2 is 2.03 bits per heavy atom. The Morgan fingerprint density at radius 3 is 2.74 bits per heavy atom. The maximum absolute atomic E-state index is 12.2. The van der Waals surface area contributed by atoms with Gasteiger partial charge in [-0.25, -0.2) is 14.8 Å². The van der Waals surface area contributed by atoms with Gasteiger partial charge in [0.2, 0.25) is 6.79 Å². The van der Waals surface area contributed by atoms with Crippen molar-refractivity contribution in [3.8, 4) is 28.5 Å². The molecule has 0 unspecified atom stereocenters. The lowest BCUT2D eigenvalue weighted by Gasteiger charge is -2.17. The largest absolute Gasteiger partial charge is 0.492 e. The number of aromatic nitrogens is 3. The Hall–Kier alpha value is -3.11. The molecule has 0 saturated heterocycles. The van der Waals surface area contributed by atoms with Gasteiger partial charge < -0.3 is 28.6 Å². The van der Waals surface area contributed by atoms with Gasteiger partial charge in [0.1, 0.15) is 35.6 Å². The molecule has 1 saturated carbocycles. The molecule has 9 nitrogen and oxygen atoms in total. The minimum Gasteiger partial charge on any atom is -0.492 e. The van der Waals surface area contributed by atoms with E-state index in [1.807, 2.05) is 16.7 Å². The van der Waals surface area contributed by atoms with Crippen LogP contribution in [-0.2, 0) is 11.5 Å². The van der Waals surface area contributed by atoms with Crippen LogP contribution in [0.15, 0.2) is 18.5 Å². The second kappa shape index (κ2) is 9.16. The van der Waals surface area contributed by atoms with Gasteiger partial charge in [0.25, 0.3) is 0 Å². The van der Waals surface area contributed by atoms with Gasteiger partial charge in [-0.3, -0.25) is 0 Å². The highest BCUT2D eigenvalue weighted by atomic mass is 28.3. The number of hydrogen-bond donors (Lipinski definition) is 1. The number of aromatic carboxylic acids is 1. The number of carboxylic acid groups (broad SMARTS) is 1. The molecule has 5 rings (SSSR count). The van der Waals surface area contributed by atoms with Crippen molar-refractivity contribution in [2.24, 2.45) is 5.92 Å². The number of hydrogen-bond acceptors (Lipinski definition) is 7. The highest BCUT2D eigenvalue weighted by Gasteiger charge is 2.31. The third-order valence-electron chi connectivity index (χ3n) is 6.44. The Labute approximate surface area is 205 Å². The standard InChI is InChI=1S/C25H31N3O6Si/c1-15-19(25(29)30)21-23(28(15)13-31-9-10-35(2,3)4)22(27-12-26-21)20-17(32-11-16-5-6-16)7-8-18-24(20)34-14-33-18/h7-8,12,16H,5-6,9-11,13-14H2,1-4H3,(H,29,30). The average molecular weight is 498 g/mol. The van der Waals surface area contributed by atoms with Crippen molar-refractivity contribution in [3.63, 3.8) is 0 Å². The molecular formula is C25H31N3O6Si. The molecular weight excluding hydrogens is 466 g/mol. The van der Waals surface area contributed by atoms with E-state index in [0.717, 1.165) is 18.9 Å². The molecule has 186 valence electrons. The van der Waals surface area contributed by atoms with Gasteiger partial charge in [-0.1, -0.05) is 19.6 Å². The van der Waals surface area contributed by atoms with Crippen LogP contribution in [0.5, 0.6) is 17.2 Å². The topological polar surface area (TPSA) is 105 Å². The summed E-state index contributed by atoms with van der Waals surface area (Å²) in [5.74, 6) is 1.29. The second-order valence-electron chi connectivity index (χ2n) is 10.4. The molecule has 0 radical (unpaired) electrons. The van der Waals surface area contributed by atoms with E-state index >= 15 is 0 Å². The van der Waals surface area contributed by atoms with Gasteiger partial charge in [-0.2, -0.15) is 0 Å². The summed E-state index contributed by atoms with van der Waals surface area (Å²) in [5.41, 5.74) is 2.82. The third kappa shape index (κ3) is 4.72. The molecule has 1 aromatic carbocycles. The number of rotatable bonds is 10. The zero-order valence-electron chi connectivity index (χ0n) is 20.6. The van der Waals surface area contributed by atoms with Crippen LogP contribution in [0.25, 0.3) is 22.3 Å². The van der Waals surface area contributed by atoms with Crippen LogP contribution in [0.3, 0.4) is 0 Å². The van der Waals surface area contributed by atoms with Gasteiger partial charge >= 0.3 is 5.97 Å². The van der Waals surface area contributed by atoms with Crippen molar-refractivity contribution in [1.82, 2.24) is 14.5 Å². The number of carboxylic acids is 1. The van der Waals surface area contributed by atoms with E-state index in [0.29, 0.717) is 64.4 Å². The predicted octanol–water partition coefficient (Wildman–Crippen LogP) is 4.93. The van der Waals surface area contributed by atoms with Crippen molar-refractivity contribution < 1.29 is 28.8 Å². The van der Waals surface area contributed by atoms with Crippen LogP contribution in [0, 0.1) is 12.8 Å². The minimum atomic E-state index is -1.27. The van der Waals surface area contributed by atoms with E-state index in [4.69, 9.17) is 18.9 Å². The van der Waals surface area contributed by atoms with Crippen LogP contribution in [0.1, 0.15) is 28.9 Å². The zero-order valence-corrected chi connectivity index (χ0v) is 21.6. The molecule has 35 heavy (non-hydrogen) atoms. The lowest BCUT2D eigenvalue weighted by atomic mass is 10.1. The molecule has 0 bridgehead atoms. The monoisotopic (exact) mass is 497 g/mol. The van der Waals surface area contributed by atoms with E-state index in [2.05, 4.69) is 29.6 Å². The SMILES string of the molecule is Cc1c(C(=O)O)c2ncnc(-c3c(OCC4CC4)ccc4c3OCO4)c2n1COCC[Si](C)(C)C. The maximum Gasteiger partial charge on any atom is 0.339 e. The quantitative estimate of drug-likeness (QED) is 0.310. The van der Waals surface area contributed by atoms with Crippen LogP contribution >= 0.6 is 0 Å². The lowest BCUT2D eigenvalue weighted by Crippen LogP contribution is -2.22. The highest BCUT2D eigenvalue weighted by molar-refractivity contribution is 6.76. The van der Waals surface area contributed by atoms with E-state index in [9.17, 15) is 9.90 Å². The Morgan fingerprint density at radius 1 is 1.23 bits per heavy atom. The first-order valence-corrected chi connectivity index (χ1v) is 15.7. The Balaban J connectivity index is 1.64. The van der Waals surface area contributed by atoms with Crippen molar-refractivity contribution in [3.05, 3.63) is 29.7 Å². The minimum absolute atomic E-state index is 0.100. The molecule has 3 heterocycles. The van der Waals surface area contributed by atoms with E-state index in [1.54, 1.807) is 6.92 Å². The second-order valence-corrected chi connectivity index (χ2v) is 16.0. The van der Waals surface area contributed by atoms with E-state index < -0.39 is 14.0 Å². The summed E-state index contributed by atoms with van der Waals surface area (Å²) in [5, 5.41) is 10.0. The molecule has 1 aliphatic carbocycles. The molecule has 0 atom stereocenters. The van der Waals surface area contributed by atoms with Gasteiger partial charge in [-0.15, -0.1) is 0 Å². The van der Waals surface area contributed by atoms with Gasteiger partial charge in [-0.05, 0) is 43.9 Å². The number of benzene rings is 1. The molecule has 0 amide bonds. The van der Waals surface area contributed by atoms with E-state index in [1.165, 1.54) is 6.33 Å². The predicted molar refractivity (Wildman–Crippen MR) is 133 cm³/mol. The Bertz CT molecular complexity index is 1280. The molecule has 1 fully saturated rings. The molecule has 1 aliphatic heterocycles. The summed E-state index contributed by atoms with van der Waals surface area (Å²) in [6.45, 7) is 10.2. The van der Waals surface area contributed by atoms with Gasteiger partial charge in [0.15, 0.2) is 11.5 Å². The van der Waals surface area contributed by atoms with Crippen LogP contribution in [-0.4, -0.2) is 53.7 Å². The first-order chi connectivity index (χ1) is 16.7. The number of fused-ring (bicyclic) bond motifs is 2. The van der Waals surface area contributed by atoms with Crippen LogP contribution in [0.4, 0.5) is 0 Å². The molecule has 0 spiro atoms. The molecule has 3 aromatic rings. The summed E-state index contributed by atoms with van der Waals surface area (Å²) in [7, 11) is -1.27. The van der Waals surface area contributed by atoms with Crippen LogP contribution < -0.4 is 14.2 Å². The molecule has 1 N–H and O–H groups in total. The number of ether oxygens (including phenoxy) is 4. The zero-order chi connectivity index (χ0) is 24.7. The average Bonchev–Trinajstić information content (AvgIpc) is 3.42. The fraction of sp³-hybridized carbons (Fsp3) is 0.480. The molecule has 2 aromatic heterocycles. The van der Waals surface area contributed by atoms with Gasteiger partial charge in [0.05, 0.1) is 17.7 Å². The number of nitrogens with zero attached hydrogens (tertiary/aromatic N) is 3.